The molecule has 1 aliphatic heterocycles. The number of rotatable bonds is 6. The van der Waals surface area contributed by atoms with E-state index in [0.29, 0.717) is 34.3 Å². The minimum atomic E-state index is -0.489. The number of nitrogens with one attached hydrogen (secondary N) is 1. The summed E-state index contributed by atoms with van der Waals surface area (Å²) in [6, 6.07) is 12.6. The second-order valence-corrected chi connectivity index (χ2v) is 6.28. The number of anilines is 1. The van der Waals surface area contributed by atoms with Crippen molar-refractivity contribution in [2.75, 3.05) is 12.1 Å². The second-order valence-electron chi connectivity index (χ2n) is 6.28. The SMILES string of the molecule is Cc1cc([N+](=O)[O-])ccc1NC(=O)c1ccc(COc2ccc3c(c2)OCO3)o1. The lowest BCUT2D eigenvalue weighted by Crippen LogP contribution is -2.12. The molecule has 1 N–H and O–H groups in total. The van der Waals surface area contributed by atoms with Crippen LogP contribution in [0.4, 0.5) is 11.4 Å². The molecule has 2 aromatic carbocycles. The van der Waals surface area contributed by atoms with E-state index in [1.807, 2.05) is 0 Å². The van der Waals surface area contributed by atoms with Gasteiger partial charge in [-0.1, -0.05) is 0 Å². The minimum absolute atomic E-state index is 0.0403. The summed E-state index contributed by atoms with van der Waals surface area (Å²) in [6.07, 6.45) is 0. The first-order valence-electron chi connectivity index (χ1n) is 8.67. The normalized spacial score (nSPS) is 11.9. The first kappa shape index (κ1) is 18.4. The third-order valence-electron chi connectivity index (χ3n) is 4.28. The number of hydrogen-bond donors (Lipinski definition) is 1. The molecule has 0 saturated carbocycles. The average molecular weight is 396 g/mol. The predicted octanol–water partition coefficient (Wildman–Crippen LogP) is 4.06. The number of aryl methyl sites for hydroxylation is 1. The van der Waals surface area contributed by atoms with Crippen molar-refractivity contribution in [2.45, 2.75) is 13.5 Å². The highest BCUT2D eigenvalue weighted by atomic mass is 16.7. The molecule has 0 spiro atoms. The molecule has 0 atom stereocenters. The van der Waals surface area contributed by atoms with Crippen LogP contribution in [-0.4, -0.2) is 17.6 Å². The van der Waals surface area contributed by atoms with Crippen LogP contribution in [0.1, 0.15) is 21.9 Å². The zero-order valence-corrected chi connectivity index (χ0v) is 15.3. The summed E-state index contributed by atoms with van der Waals surface area (Å²) in [4.78, 5) is 22.7. The largest absolute Gasteiger partial charge is 0.486 e. The fourth-order valence-electron chi connectivity index (χ4n) is 2.78. The number of furan rings is 1. The first-order valence-corrected chi connectivity index (χ1v) is 8.67. The Morgan fingerprint density at radius 3 is 2.76 bits per heavy atom. The van der Waals surface area contributed by atoms with Gasteiger partial charge in [0.25, 0.3) is 11.6 Å². The van der Waals surface area contributed by atoms with Crippen LogP contribution in [0, 0.1) is 17.0 Å². The van der Waals surface area contributed by atoms with Gasteiger partial charge in [-0.05, 0) is 42.8 Å². The number of hydrogen-bond acceptors (Lipinski definition) is 7. The van der Waals surface area contributed by atoms with E-state index in [0.717, 1.165) is 0 Å². The van der Waals surface area contributed by atoms with Gasteiger partial charge in [0.1, 0.15) is 18.1 Å². The van der Waals surface area contributed by atoms with Crippen LogP contribution in [-0.2, 0) is 6.61 Å². The molecule has 2 heterocycles. The van der Waals surface area contributed by atoms with E-state index in [1.165, 1.54) is 24.3 Å². The molecule has 3 aromatic rings. The summed E-state index contributed by atoms with van der Waals surface area (Å²) >= 11 is 0. The van der Waals surface area contributed by atoms with Crippen LogP contribution in [0.25, 0.3) is 0 Å². The van der Waals surface area contributed by atoms with Crippen molar-refractivity contribution in [3.05, 3.63) is 75.7 Å². The van der Waals surface area contributed by atoms with Crippen LogP contribution in [0.3, 0.4) is 0 Å². The van der Waals surface area contributed by atoms with Crippen LogP contribution >= 0.6 is 0 Å². The molecule has 0 bridgehead atoms. The predicted molar refractivity (Wildman–Crippen MR) is 101 cm³/mol. The number of amides is 1. The lowest BCUT2D eigenvalue weighted by molar-refractivity contribution is -0.384. The molecular formula is C20H16N2O7. The maximum atomic E-state index is 12.4. The zero-order valence-electron chi connectivity index (χ0n) is 15.3. The van der Waals surface area contributed by atoms with E-state index >= 15 is 0 Å². The minimum Gasteiger partial charge on any atom is -0.486 e. The number of non-ortho nitro benzene ring substituents is 1. The number of carbonyl (C=O) groups excluding carboxylic acids is 1. The Balaban J connectivity index is 1.38. The fraction of sp³-hybridized carbons (Fsp3) is 0.150. The number of nitro groups is 1. The summed E-state index contributed by atoms with van der Waals surface area (Å²) in [6.45, 7) is 1.99. The first-order chi connectivity index (χ1) is 14.0. The molecule has 0 saturated heterocycles. The van der Waals surface area contributed by atoms with Crippen LogP contribution in [0.2, 0.25) is 0 Å². The van der Waals surface area contributed by atoms with Gasteiger partial charge < -0.3 is 23.9 Å². The van der Waals surface area contributed by atoms with Gasteiger partial charge >= 0.3 is 0 Å². The molecule has 29 heavy (non-hydrogen) atoms. The highest BCUT2D eigenvalue weighted by Gasteiger charge is 2.16. The number of ether oxygens (including phenoxy) is 3. The van der Waals surface area contributed by atoms with E-state index in [9.17, 15) is 14.9 Å². The lowest BCUT2D eigenvalue weighted by atomic mass is 10.2. The maximum Gasteiger partial charge on any atom is 0.291 e. The molecule has 148 valence electrons. The number of nitro benzene ring substituents is 1. The molecule has 1 amide bonds. The number of carbonyl (C=O) groups is 1. The van der Waals surface area contributed by atoms with Crippen LogP contribution in [0.5, 0.6) is 17.2 Å². The molecule has 0 fully saturated rings. The Morgan fingerprint density at radius 2 is 1.97 bits per heavy atom. The topological polar surface area (TPSA) is 113 Å². The molecule has 9 nitrogen and oxygen atoms in total. The molecule has 0 radical (unpaired) electrons. The van der Waals surface area contributed by atoms with Crippen molar-refractivity contribution in [3.63, 3.8) is 0 Å². The Hall–Kier alpha value is -4.01. The van der Waals surface area contributed by atoms with Crippen molar-refractivity contribution >= 4 is 17.3 Å². The van der Waals surface area contributed by atoms with Gasteiger partial charge in [-0.2, -0.15) is 0 Å². The summed E-state index contributed by atoms with van der Waals surface area (Å²) < 4.78 is 21.7. The summed E-state index contributed by atoms with van der Waals surface area (Å²) in [5, 5.41) is 13.5. The smallest absolute Gasteiger partial charge is 0.291 e. The van der Waals surface area contributed by atoms with Gasteiger partial charge in [0.15, 0.2) is 17.3 Å². The van der Waals surface area contributed by atoms with E-state index in [4.69, 9.17) is 18.6 Å². The Labute approximate surface area is 164 Å². The van der Waals surface area contributed by atoms with E-state index in [2.05, 4.69) is 5.32 Å². The van der Waals surface area contributed by atoms with Crippen molar-refractivity contribution in [1.82, 2.24) is 0 Å². The highest BCUT2D eigenvalue weighted by molar-refractivity contribution is 6.02. The maximum absolute atomic E-state index is 12.4. The van der Waals surface area contributed by atoms with Crippen molar-refractivity contribution in [1.29, 1.82) is 0 Å². The molecule has 9 heteroatoms. The third kappa shape index (κ3) is 3.98. The van der Waals surface area contributed by atoms with Gasteiger partial charge in [0, 0.05) is 23.9 Å². The zero-order chi connectivity index (χ0) is 20.4. The van der Waals surface area contributed by atoms with Crippen LogP contribution < -0.4 is 19.5 Å². The van der Waals surface area contributed by atoms with Gasteiger partial charge in [0.05, 0.1) is 4.92 Å². The van der Waals surface area contributed by atoms with Gasteiger partial charge in [-0.3, -0.25) is 14.9 Å². The van der Waals surface area contributed by atoms with Gasteiger partial charge in [-0.15, -0.1) is 0 Å². The number of fused-ring (bicyclic) bond motifs is 1. The summed E-state index contributed by atoms with van der Waals surface area (Å²) in [5.41, 5.74) is 1.00. The van der Waals surface area contributed by atoms with Gasteiger partial charge in [0.2, 0.25) is 6.79 Å². The average Bonchev–Trinajstić information content (AvgIpc) is 3.36. The molecule has 1 aliphatic rings. The van der Waals surface area contributed by atoms with Crippen molar-refractivity contribution < 1.29 is 28.3 Å². The monoisotopic (exact) mass is 396 g/mol. The number of nitrogens with zero attached hydrogens (tertiary/aromatic N) is 1. The van der Waals surface area contributed by atoms with E-state index in [1.54, 1.807) is 31.2 Å². The van der Waals surface area contributed by atoms with E-state index < -0.39 is 10.8 Å². The standard InChI is InChI=1S/C20H16N2O7/c1-12-8-13(22(24)25)2-5-16(12)21-20(23)18-7-4-15(29-18)10-26-14-3-6-17-19(9-14)28-11-27-17/h2-9H,10-11H2,1H3,(H,21,23). The molecular weight excluding hydrogens is 380 g/mol. The Kier molecular flexibility index (Phi) is 4.78. The van der Waals surface area contributed by atoms with Crippen LogP contribution in [0.15, 0.2) is 52.9 Å². The van der Waals surface area contributed by atoms with Crippen molar-refractivity contribution in [3.8, 4) is 17.2 Å². The third-order valence-corrected chi connectivity index (χ3v) is 4.28. The highest BCUT2D eigenvalue weighted by Crippen LogP contribution is 2.35. The fourth-order valence-corrected chi connectivity index (χ4v) is 2.78. The summed E-state index contributed by atoms with van der Waals surface area (Å²) in [7, 11) is 0. The molecule has 0 unspecified atom stereocenters. The van der Waals surface area contributed by atoms with E-state index in [-0.39, 0.29) is 24.8 Å². The molecule has 0 aliphatic carbocycles. The van der Waals surface area contributed by atoms with Crippen molar-refractivity contribution in [2.24, 2.45) is 0 Å². The van der Waals surface area contributed by atoms with Gasteiger partial charge in [-0.25, -0.2) is 0 Å². The number of benzene rings is 2. The lowest BCUT2D eigenvalue weighted by Gasteiger charge is -2.07. The quantitative estimate of drug-likeness (QED) is 0.494. The molecule has 1 aromatic heterocycles. The Morgan fingerprint density at radius 1 is 1.14 bits per heavy atom. The molecule has 4 rings (SSSR count). The Bertz CT molecular complexity index is 1090. The second kappa shape index (κ2) is 7.55. The summed E-state index contributed by atoms with van der Waals surface area (Å²) in [5.74, 6) is 1.96.